The van der Waals surface area contributed by atoms with Crippen LogP contribution in [0.5, 0.6) is 0 Å². The van der Waals surface area contributed by atoms with Crippen LogP contribution in [0.4, 0.5) is 8.78 Å². The molecule has 1 unspecified atom stereocenters. The molecule has 0 spiro atoms. The third-order valence-corrected chi connectivity index (χ3v) is 3.18. The lowest BCUT2D eigenvalue weighted by Crippen LogP contribution is -2.42. The van der Waals surface area contributed by atoms with Crippen molar-refractivity contribution in [2.24, 2.45) is 5.73 Å². The minimum Gasteiger partial charge on any atom is -0.327 e. The Morgan fingerprint density at radius 3 is 2.59 bits per heavy atom. The Hall–Kier alpha value is -1.00. The first-order valence-corrected chi connectivity index (χ1v) is 6.00. The predicted octanol–water partition coefficient (Wildman–Crippen LogP) is 2.55. The average Bonchev–Trinajstić information content (AvgIpc) is 2.29. The molecule has 1 atom stereocenters. The van der Waals surface area contributed by atoms with Crippen LogP contribution in [0, 0.1) is 0 Å². The first-order valence-electron chi connectivity index (χ1n) is 6.00. The molecule has 0 aromatic heterocycles. The largest absolute Gasteiger partial charge is 0.327 e. The summed E-state index contributed by atoms with van der Waals surface area (Å²) < 4.78 is 24.8. The molecule has 17 heavy (non-hydrogen) atoms. The summed E-state index contributed by atoms with van der Waals surface area (Å²) in [5.74, 6) is 0. The zero-order valence-electron chi connectivity index (χ0n) is 9.78. The van der Waals surface area contributed by atoms with Gasteiger partial charge in [-0.15, -0.1) is 0 Å². The highest BCUT2D eigenvalue weighted by Crippen LogP contribution is 2.20. The number of piperidine rings is 1. The molecule has 4 heteroatoms. The molecule has 2 nitrogen and oxygen atoms in total. The molecular weight excluding hydrogens is 222 g/mol. The van der Waals surface area contributed by atoms with Gasteiger partial charge in [-0.1, -0.05) is 24.3 Å². The molecule has 1 aliphatic heterocycles. The van der Waals surface area contributed by atoms with E-state index in [0.29, 0.717) is 0 Å². The van der Waals surface area contributed by atoms with Crippen LogP contribution in [0.3, 0.4) is 0 Å². The number of rotatable bonds is 3. The van der Waals surface area contributed by atoms with Crippen molar-refractivity contribution in [3.63, 3.8) is 0 Å². The second-order valence-corrected chi connectivity index (χ2v) is 4.68. The van der Waals surface area contributed by atoms with E-state index in [0.717, 1.165) is 38.0 Å². The number of alkyl halides is 2. The summed E-state index contributed by atoms with van der Waals surface area (Å²) in [6, 6.07) is 6.82. The standard InChI is InChI=1S/C13H18F2N2/c14-13(15)11-5-3-10(4-6-11)8-17-7-1-2-12(16)9-17/h3-6,12-13H,1-2,7-9,16H2. The van der Waals surface area contributed by atoms with Crippen LogP contribution in [-0.2, 0) is 6.54 Å². The Labute approximate surface area is 100 Å². The van der Waals surface area contributed by atoms with Gasteiger partial charge in [0.25, 0.3) is 6.43 Å². The van der Waals surface area contributed by atoms with E-state index in [4.69, 9.17) is 5.73 Å². The maximum Gasteiger partial charge on any atom is 0.263 e. The SMILES string of the molecule is NC1CCCN(Cc2ccc(C(F)F)cc2)C1. The van der Waals surface area contributed by atoms with Crippen LogP contribution in [0.2, 0.25) is 0 Å². The summed E-state index contributed by atoms with van der Waals surface area (Å²) >= 11 is 0. The van der Waals surface area contributed by atoms with Gasteiger partial charge < -0.3 is 5.73 Å². The summed E-state index contributed by atoms with van der Waals surface area (Å²) in [4.78, 5) is 2.28. The highest BCUT2D eigenvalue weighted by Gasteiger charge is 2.16. The van der Waals surface area contributed by atoms with E-state index in [-0.39, 0.29) is 11.6 Å². The maximum absolute atomic E-state index is 12.4. The first kappa shape index (κ1) is 12.5. The molecule has 94 valence electrons. The molecule has 2 N–H and O–H groups in total. The van der Waals surface area contributed by atoms with E-state index in [2.05, 4.69) is 4.90 Å². The van der Waals surface area contributed by atoms with Crippen molar-refractivity contribution in [3.05, 3.63) is 35.4 Å². The fraction of sp³-hybridized carbons (Fsp3) is 0.538. The first-order chi connectivity index (χ1) is 8.15. The molecule has 0 saturated carbocycles. The molecule has 0 radical (unpaired) electrons. The normalized spacial score (nSPS) is 22.0. The summed E-state index contributed by atoms with van der Waals surface area (Å²) in [6.45, 7) is 2.75. The monoisotopic (exact) mass is 240 g/mol. The van der Waals surface area contributed by atoms with Gasteiger partial charge in [0.2, 0.25) is 0 Å². The average molecular weight is 240 g/mol. The second kappa shape index (κ2) is 5.56. The highest BCUT2D eigenvalue weighted by molar-refractivity contribution is 5.23. The number of hydrogen-bond donors (Lipinski definition) is 1. The quantitative estimate of drug-likeness (QED) is 0.879. The minimum atomic E-state index is -2.38. The second-order valence-electron chi connectivity index (χ2n) is 4.68. The summed E-state index contributed by atoms with van der Waals surface area (Å²) in [6.07, 6.45) is -0.177. The molecule has 2 rings (SSSR count). The molecular formula is C13H18F2N2. The van der Waals surface area contributed by atoms with E-state index >= 15 is 0 Å². The Morgan fingerprint density at radius 2 is 2.00 bits per heavy atom. The summed E-state index contributed by atoms with van der Waals surface area (Å²) in [5, 5.41) is 0. The van der Waals surface area contributed by atoms with Crippen molar-refractivity contribution < 1.29 is 8.78 Å². The van der Waals surface area contributed by atoms with Crippen LogP contribution in [-0.4, -0.2) is 24.0 Å². The van der Waals surface area contributed by atoms with Gasteiger partial charge >= 0.3 is 0 Å². The van der Waals surface area contributed by atoms with Crippen LogP contribution in [0.25, 0.3) is 0 Å². The van der Waals surface area contributed by atoms with Crippen LogP contribution >= 0.6 is 0 Å². The Balaban J connectivity index is 1.94. The van der Waals surface area contributed by atoms with Gasteiger partial charge in [-0.25, -0.2) is 8.78 Å². The van der Waals surface area contributed by atoms with Crippen molar-refractivity contribution in [2.45, 2.75) is 31.9 Å². The topological polar surface area (TPSA) is 29.3 Å². The molecule has 0 aliphatic carbocycles. The number of benzene rings is 1. The van der Waals surface area contributed by atoms with Gasteiger partial charge in [-0.3, -0.25) is 4.90 Å². The Morgan fingerprint density at radius 1 is 1.29 bits per heavy atom. The van der Waals surface area contributed by atoms with Gasteiger partial charge in [0, 0.05) is 24.7 Å². The molecule has 0 bridgehead atoms. The number of nitrogens with two attached hydrogens (primary N) is 1. The maximum atomic E-state index is 12.4. The Bertz CT molecular complexity index is 351. The zero-order chi connectivity index (χ0) is 12.3. The lowest BCUT2D eigenvalue weighted by atomic mass is 10.1. The van der Waals surface area contributed by atoms with Gasteiger partial charge in [-0.2, -0.15) is 0 Å². The smallest absolute Gasteiger partial charge is 0.263 e. The van der Waals surface area contributed by atoms with Gasteiger partial charge in [0.15, 0.2) is 0 Å². The fourth-order valence-electron chi connectivity index (χ4n) is 2.26. The van der Waals surface area contributed by atoms with Crippen molar-refractivity contribution >= 4 is 0 Å². The van der Waals surface area contributed by atoms with Crippen molar-refractivity contribution in [1.82, 2.24) is 4.90 Å². The van der Waals surface area contributed by atoms with Crippen molar-refractivity contribution in [1.29, 1.82) is 0 Å². The van der Waals surface area contributed by atoms with Crippen LogP contribution < -0.4 is 5.73 Å². The molecule has 1 saturated heterocycles. The van der Waals surface area contributed by atoms with Gasteiger partial charge in [-0.05, 0) is 24.9 Å². The number of halogens is 2. The summed E-state index contributed by atoms with van der Waals surface area (Å²) in [5.41, 5.74) is 7.06. The highest BCUT2D eigenvalue weighted by atomic mass is 19.3. The molecule has 1 heterocycles. The van der Waals surface area contributed by atoms with Crippen LogP contribution in [0.15, 0.2) is 24.3 Å². The zero-order valence-corrected chi connectivity index (χ0v) is 9.78. The molecule has 1 aliphatic rings. The number of hydrogen-bond acceptors (Lipinski definition) is 2. The van der Waals surface area contributed by atoms with Gasteiger partial charge in [0.1, 0.15) is 0 Å². The van der Waals surface area contributed by atoms with Crippen molar-refractivity contribution in [2.75, 3.05) is 13.1 Å². The van der Waals surface area contributed by atoms with Crippen LogP contribution in [0.1, 0.15) is 30.4 Å². The molecule has 1 fully saturated rings. The fourth-order valence-corrected chi connectivity index (χ4v) is 2.26. The van der Waals surface area contributed by atoms with E-state index in [9.17, 15) is 8.78 Å². The van der Waals surface area contributed by atoms with E-state index < -0.39 is 6.43 Å². The van der Waals surface area contributed by atoms with Gasteiger partial charge in [0.05, 0.1) is 0 Å². The molecule has 1 aromatic rings. The van der Waals surface area contributed by atoms with E-state index in [1.165, 1.54) is 12.1 Å². The third-order valence-electron chi connectivity index (χ3n) is 3.18. The molecule has 1 aromatic carbocycles. The predicted molar refractivity (Wildman–Crippen MR) is 63.9 cm³/mol. The third kappa shape index (κ3) is 3.48. The number of likely N-dealkylation sites (tertiary alicyclic amines) is 1. The van der Waals surface area contributed by atoms with E-state index in [1.54, 1.807) is 12.1 Å². The molecule has 0 amide bonds. The van der Waals surface area contributed by atoms with E-state index in [1.807, 2.05) is 0 Å². The minimum absolute atomic E-state index is 0.0871. The summed E-state index contributed by atoms with van der Waals surface area (Å²) in [7, 11) is 0. The Kier molecular flexibility index (Phi) is 4.07. The lowest BCUT2D eigenvalue weighted by molar-refractivity contribution is 0.151. The lowest BCUT2D eigenvalue weighted by Gasteiger charge is -2.30. The van der Waals surface area contributed by atoms with Crippen molar-refractivity contribution in [3.8, 4) is 0 Å². The number of nitrogens with zero attached hydrogens (tertiary/aromatic N) is 1.